The molecule has 0 radical (unpaired) electrons. The van der Waals surface area contributed by atoms with E-state index in [1.165, 1.54) is 5.56 Å². The lowest BCUT2D eigenvalue weighted by Gasteiger charge is -2.22. The Morgan fingerprint density at radius 2 is 2.17 bits per heavy atom. The number of aromatic nitrogens is 1. The van der Waals surface area contributed by atoms with Crippen molar-refractivity contribution in [3.05, 3.63) is 59.9 Å². The molecule has 1 aliphatic heterocycles. The van der Waals surface area contributed by atoms with Crippen molar-refractivity contribution in [1.29, 1.82) is 0 Å². The fourth-order valence-corrected chi connectivity index (χ4v) is 3.10. The Kier molecular flexibility index (Phi) is 5.80. The normalized spacial score (nSPS) is 21.1. The van der Waals surface area contributed by atoms with Gasteiger partial charge in [0.2, 0.25) is 0 Å². The molecule has 2 aromatic rings. The van der Waals surface area contributed by atoms with Gasteiger partial charge in [-0.05, 0) is 36.2 Å². The third kappa shape index (κ3) is 4.32. The highest BCUT2D eigenvalue weighted by atomic mass is 16.5. The van der Waals surface area contributed by atoms with E-state index in [-0.39, 0.29) is 18.8 Å². The zero-order valence-electron chi connectivity index (χ0n) is 14.0. The summed E-state index contributed by atoms with van der Waals surface area (Å²) in [5.74, 6) is 0.834. The van der Waals surface area contributed by atoms with Gasteiger partial charge in [0.25, 0.3) is 0 Å². The number of ether oxygens (including phenoxy) is 2. The van der Waals surface area contributed by atoms with Crippen molar-refractivity contribution in [3.63, 3.8) is 0 Å². The lowest BCUT2D eigenvalue weighted by Crippen LogP contribution is -2.31. The minimum absolute atomic E-state index is 0.160. The summed E-state index contributed by atoms with van der Waals surface area (Å²) in [5.41, 5.74) is 2.08. The van der Waals surface area contributed by atoms with E-state index in [9.17, 15) is 5.11 Å². The van der Waals surface area contributed by atoms with Crippen molar-refractivity contribution in [1.82, 2.24) is 9.88 Å². The Morgan fingerprint density at radius 3 is 2.92 bits per heavy atom. The maximum absolute atomic E-state index is 9.56. The molecule has 0 amide bonds. The molecule has 1 aliphatic rings. The van der Waals surface area contributed by atoms with E-state index in [0.29, 0.717) is 6.61 Å². The summed E-state index contributed by atoms with van der Waals surface area (Å²) in [4.78, 5) is 6.53. The average Bonchev–Trinajstić information content (AvgIpc) is 3.03. The molecule has 3 rings (SSSR count). The number of hydrogen-bond acceptors (Lipinski definition) is 5. The fraction of sp³-hybridized carbons (Fsp3) is 0.421. The summed E-state index contributed by atoms with van der Waals surface area (Å²) in [6.07, 6.45) is 2.85. The Morgan fingerprint density at radius 1 is 1.25 bits per heavy atom. The molecule has 0 saturated carbocycles. The van der Waals surface area contributed by atoms with Crippen molar-refractivity contribution in [2.45, 2.75) is 31.7 Å². The summed E-state index contributed by atoms with van der Waals surface area (Å²) in [7, 11) is 1.73. The summed E-state index contributed by atoms with van der Waals surface area (Å²) in [6.45, 7) is 2.25. The molecular formula is C19H24N2O3. The van der Waals surface area contributed by atoms with E-state index in [4.69, 9.17) is 9.47 Å². The van der Waals surface area contributed by atoms with Crippen LogP contribution >= 0.6 is 0 Å². The molecule has 2 atom stereocenters. The molecule has 1 saturated heterocycles. The van der Waals surface area contributed by atoms with Gasteiger partial charge in [-0.15, -0.1) is 0 Å². The third-order valence-corrected chi connectivity index (χ3v) is 4.43. The topological polar surface area (TPSA) is 54.8 Å². The lowest BCUT2D eigenvalue weighted by atomic mass is 10.1. The van der Waals surface area contributed by atoms with E-state index in [0.717, 1.165) is 31.0 Å². The first kappa shape index (κ1) is 16.9. The Balaban J connectivity index is 1.60. The van der Waals surface area contributed by atoms with Crippen molar-refractivity contribution < 1.29 is 14.6 Å². The first-order valence-electron chi connectivity index (χ1n) is 8.28. The van der Waals surface area contributed by atoms with Crippen molar-refractivity contribution in [3.8, 4) is 5.75 Å². The van der Waals surface area contributed by atoms with Crippen LogP contribution in [0.3, 0.4) is 0 Å². The molecule has 5 nitrogen and oxygen atoms in total. The molecule has 1 aromatic heterocycles. The highest BCUT2D eigenvalue weighted by Gasteiger charge is 2.31. The smallest absolute Gasteiger partial charge is 0.130 e. The van der Waals surface area contributed by atoms with E-state index in [2.05, 4.69) is 22.0 Å². The molecule has 0 aliphatic carbocycles. The van der Waals surface area contributed by atoms with Gasteiger partial charge in [-0.1, -0.05) is 18.2 Å². The largest absolute Gasteiger partial charge is 0.487 e. The van der Waals surface area contributed by atoms with E-state index in [1.807, 2.05) is 30.3 Å². The van der Waals surface area contributed by atoms with E-state index in [1.54, 1.807) is 13.3 Å². The molecule has 0 bridgehead atoms. The zero-order chi connectivity index (χ0) is 16.8. The monoisotopic (exact) mass is 328 g/mol. The fourth-order valence-electron chi connectivity index (χ4n) is 3.10. The van der Waals surface area contributed by atoms with Gasteiger partial charge in [0.05, 0.1) is 18.4 Å². The second-order valence-corrected chi connectivity index (χ2v) is 6.12. The molecular weight excluding hydrogens is 304 g/mol. The predicted molar refractivity (Wildman–Crippen MR) is 91.7 cm³/mol. The molecule has 0 unspecified atom stereocenters. The van der Waals surface area contributed by atoms with Gasteiger partial charge in [-0.25, -0.2) is 0 Å². The second-order valence-electron chi connectivity index (χ2n) is 6.12. The van der Waals surface area contributed by atoms with Crippen LogP contribution in [0.25, 0.3) is 0 Å². The molecule has 2 heterocycles. The molecule has 24 heavy (non-hydrogen) atoms. The zero-order valence-corrected chi connectivity index (χ0v) is 14.0. The van der Waals surface area contributed by atoms with Crippen LogP contribution in [0.4, 0.5) is 0 Å². The average molecular weight is 328 g/mol. The molecule has 1 aromatic carbocycles. The molecule has 128 valence electrons. The van der Waals surface area contributed by atoms with Crippen LogP contribution in [-0.4, -0.2) is 47.4 Å². The standard InChI is InChI=1S/C19H24N2O3/c1-23-19-10-17(13-22)21(12-19)11-15-5-4-7-18(9-15)24-14-16-6-2-3-8-20-16/h2-9,17,19,22H,10-14H2,1H3/t17-,19-/m0/s1. The lowest BCUT2D eigenvalue weighted by molar-refractivity contribution is 0.107. The maximum Gasteiger partial charge on any atom is 0.130 e. The molecule has 0 spiro atoms. The van der Waals surface area contributed by atoms with Crippen molar-refractivity contribution in [2.75, 3.05) is 20.3 Å². The van der Waals surface area contributed by atoms with E-state index < -0.39 is 0 Å². The molecule has 1 fully saturated rings. The summed E-state index contributed by atoms with van der Waals surface area (Å²) < 4.78 is 11.3. The number of likely N-dealkylation sites (tertiary alicyclic amines) is 1. The Bertz CT molecular complexity index is 636. The van der Waals surface area contributed by atoms with Gasteiger partial charge < -0.3 is 14.6 Å². The number of aliphatic hydroxyl groups is 1. The molecule has 5 heteroatoms. The van der Waals surface area contributed by atoms with Crippen molar-refractivity contribution >= 4 is 0 Å². The number of benzene rings is 1. The van der Waals surface area contributed by atoms with Gasteiger partial charge in [-0.2, -0.15) is 0 Å². The maximum atomic E-state index is 9.56. The van der Waals surface area contributed by atoms with Crippen LogP contribution in [-0.2, 0) is 17.9 Å². The van der Waals surface area contributed by atoms with Crippen molar-refractivity contribution in [2.24, 2.45) is 0 Å². The number of hydrogen-bond donors (Lipinski definition) is 1. The number of nitrogens with zero attached hydrogens (tertiary/aromatic N) is 2. The van der Waals surface area contributed by atoms with E-state index >= 15 is 0 Å². The SMILES string of the molecule is CO[C@H]1C[C@@H](CO)N(Cc2cccc(OCc3ccccn3)c2)C1. The first-order chi connectivity index (χ1) is 11.8. The first-order valence-corrected chi connectivity index (χ1v) is 8.28. The van der Waals surface area contributed by atoms with Gasteiger partial charge >= 0.3 is 0 Å². The number of aliphatic hydroxyl groups excluding tert-OH is 1. The highest BCUT2D eigenvalue weighted by molar-refractivity contribution is 5.29. The van der Waals surface area contributed by atoms with Crippen LogP contribution in [0.2, 0.25) is 0 Å². The quantitative estimate of drug-likeness (QED) is 0.845. The van der Waals surface area contributed by atoms with Crippen LogP contribution in [0, 0.1) is 0 Å². The van der Waals surface area contributed by atoms with Gasteiger partial charge in [0, 0.05) is 32.4 Å². The highest BCUT2D eigenvalue weighted by Crippen LogP contribution is 2.23. The van der Waals surface area contributed by atoms with Crippen LogP contribution in [0.5, 0.6) is 5.75 Å². The Labute approximate surface area is 142 Å². The number of methoxy groups -OCH3 is 1. The molecule has 1 N–H and O–H groups in total. The summed E-state index contributed by atoms with van der Waals surface area (Å²) in [5, 5.41) is 9.56. The minimum Gasteiger partial charge on any atom is -0.487 e. The van der Waals surface area contributed by atoms with Gasteiger partial charge in [0.15, 0.2) is 0 Å². The Hall–Kier alpha value is -1.95. The van der Waals surface area contributed by atoms with Gasteiger partial charge in [0.1, 0.15) is 12.4 Å². The summed E-state index contributed by atoms with van der Waals surface area (Å²) in [6, 6.07) is 14.1. The second kappa shape index (κ2) is 8.24. The summed E-state index contributed by atoms with van der Waals surface area (Å²) >= 11 is 0. The minimum atomic E-state index is 0.160. The van der Waals surface area contributed by atoms with Crippen LogP contribution in [0.15, 0.2) is 48.7 Å². The predicted octanol–water partition coefficient (Wildman–Crippen LogP) is 2.24. The van der Waals surface area contributed by atoms with Crippen LogP contribution in [0.1, 0.15) is 17.7 Å². The van der Waals surface area contributed by atoms with Gasteiger partial charge in [-0.3, -0.25) is 9.88 Å². The van der Waals surface area contributed by atoms with Crippen LogP contribution < -0.4 is 4.74 Å². The number of rotatable bonds is 7. The third-order valence-electron chi connectivity index (χ3n) is 4.43. The number of pyridine rings is 1.